The van der Waals surface area contributed by atoms with E-state index in [0.717, 1.165) is 6.42 Å². The Morgan fingerprint density at radius 1 is 1.41 bits per heavy atom. The van der Waals surface area contributed by atoms with Crippen molar-refractivity contribution in [2.75, 3.05) is 6.61 Å². The number of allylic oxidation sites excluding steroid dienone is 2. The average molecular weight is 235 g/mol. The van der Waals surface area contributed by atoms with Crippen molar-refractivity contribution < 1.29 is 14.3 Å². The normalized spacial score (nSPS) is 29.1. The second-order valence-corrected chi connectivity index (χ2v) is 4.87. The molecule has 0 spiro atoms. The van der Waals surface area contributed by atoms with Gasteiger partial charge in [-0.15, -0.1) is 0 Å². The molecule has 0 heterocycles. The van der Waals surface area contributed by atoms with Crippen molar-refractivity contribution in [2.45, 2.75) is 19.8 Å². The predicted octanol–water partition coefficient (Wildman–Crippen LogP) is 2.03. The third-order valence-corrected chi connectivity index (χ3v) is 3.45. The molecule has 1 saturated carbocycles. The zero-order valence-corrected chi connectivity index (χ0v) is 9.94. The van der Waals surface area contributed by atoms with Crippen molar-refractivity contribution in [2.24, 2.45) is 17.8 Å². The molecule has 92 valence electrons. The lowest BCUT2D eigenvalue weighted by atomic mass is 9.95. The van der Waals surface area contributed by atoms with Crippen LogP contribution in [0.2, 0.25) is 0 Å². The van der Waals surface area contributed by atoms with Crippen molar-refractivity contribution in [3.05, 3.63) is 24.3 Å². The molecule has 3 atom stereocenters. The van der Waals surface area contributed by atoms with Gasteiger partial charge in [0.05, 0.1) is 6.61 Å². The van der Waals surface area contributed by atoms with E-state index in [-0.39, 0.29) is 0 Å². The van der Waals surface area contributed by atoms with E-state index in [9.17, 15) is 9.59 Å². The van der Waals surface area contributed by atoms with Crippen LogP contribution < -0.4 is 5.32 Å². The maximum absolute atomic E-state index is 11.3. The fourth-order valence-electron chi connectivity index (χ4n) is 2.50. The number of hydrogen-bond acceptors (Lipinski definition) is 3. The number of rotatable bonds is 3. The van der Waals surface area contributed by atoms with Gasteiger partial charge in [0, 0.05) is 11.5 Å². The van der Waals surface area contributed by atoms with E-state index in [1.54, 1.807) is 6.92 Å². The third-order valence-electron chi connectivity index (χ3n) is 3.45. The first-order valence-electron chi connectivity index (χ1n) is 5.88. The van der Waals surface area contributed by atoms with Gasteiger partial charge in [0.15, 0.2) is 0 Å². The molecule has 2 rings (SSSR count). The van der Waals surface area contributed by atoms with E-state index in [1.807, 2.05) is 0 Å². The summed E-state index contributed by atoms with van der Waals surface area (Å²) in [5, 5.41) is 2.13. The predicted molar refractivity (Wildman–Crippen MR) is 63.1 cm³/mol. The number of imide groups is 1. The number of ether oxygens (including phenoxy) is 1. The summed E-state index contributed by atoms with van der Waals surface area (Å²) in [6.07, 6.45) is 6.04. The van der Waals surface area contributed by atoms with Crippen molar-refractivity contribution in [1.29, 1.82) is 0 Å². The fourth-order valence-corrected chi connectivity index (χ4v) is 2.50. The van der Waals surface area contributed by atoms with Crippen LogP contribution in [-0.2, 0) is 9.53 Å². The van der Waals surface area contributed by atoms with Gasteiger partial charge in [-0.05, 0) is 31.6 Å². The monoisotopic (exact) mass is 235 g/mol. The largest absolute Gasteiger partial charge is 0.449 e. The van der Waals surface area contributed by atoms with Crippen molar-refractivity contribution in [1.82, 2.24) is 5.32 Å². The van der Waals surface area contributed by atoms with Gasteiger partial charge in [0.1, 0.15) is 0 Å². The van der Waals surface area contributed by atoms with E-state index < -0.39 is 12.0 Å². The first-order valence-corrected chi connectivity index (χ1v) is 5.88. The molecular weight excluding hydrogens is 218 g/mol. The lowest BCUT2D eigenvalue weighted by molar-refractivity contribution is -0.116. The topological polar surface area (TPSA) is 55.4 Å². The average Bonchev–Trinajstić information content (AvgIpc) is 2.87. The molecule has 2 aliphatic rings. The summed E-state index contributed by atoms with van der Waals surface area (Å²) >= 11 is 0. The zero-order chi connectivity index (χ0) is 12.4. The second-order valence-electron chi connectivity index (χ2n) is 4.87. The van der Waals surface area contributed by atoms with Crippen LogP contribution in [0, 0.1) is 17.8 Å². The zero-order valence-electron chi connectivity index (χ0n) is 9.94. The summed E-state index contributed by atoms with van der Waals surface area (Å²) in [5.74, 6) is 1.14. The van der Waals surface area contributed by atoms with Crippen LogP contribution in [0.5, 0.6) is 0 Å². The minimum atomic E-state index is -0.676. The lowest BCUT2D eigenvalue weighted by Gasteiger charge is -2.17. The summed E-state index contributed by atoms with van der Waals surface area (Å²) in [7, 11) is 0. The third kappa shape index (κ3) is 2.75. The fraction of sp³-hybridized carbons (Fsp3) is 0.538. The van der Waals surface area contributed by atoms with Crippen LogP contribution in [0.4, 0.5) is 4.79 Å². The lowest BCUT2D eigenvalue weighted by Crippen LogP contribution is -2.32. The maximum atomic E-state index is 11.3. The minimum absolute atomic E-state index is 0.296. The Morgan fingerprint density at radius 3 is 2.71 bits per heavy atom. The van der Waals surface area contributed by atoms with Gasteiger partial charge in [-0.3, -0.25) is 10.1 Å². The summed E-state index contributed by atoms with van der Waals surface area (Å²) in [6.45, 7) is 5.38. The molecule has 1 N–H and O–H groups in total. The first kappa shape index (κ1) is 11.9. The van der Waals surface area contributed by atoms with Crippen LogP contribution in [0.15, 0.2) is 24.3 Å². The van der Waals surface area contributed by atoms with Crippen LogP contribution in [0.25, 0.3) is 0 Å². The van der Waals surface area contributed by atoms with E-state index in [0.29, 0.717) is 29.9 Å². The molecule has 0 aromatic carbocycles. The molecule has 0 aliphatic heterocycles. The van der Waals surface area contributed by atoms with Gasteiger partial charge in [-0.2, -0.15) is 0 Å². The van der Waals surface area contributed by atoms with Gasteiger partial charge in [0.25, 0.3) is 5.91 Å². The quantitative estimate of drug-likeness (QED) is 0.601. The van der Waals surface area contributed by atoms with Crippen molar-refractivity contribution in [3.63, 3.8) is 0 Å². The summed E-state index contributed by atoms with van der Waals surface area (Å²) < 4.78 is 5.05. The van der Waals surface area contributed by atoms with Crippen molar-refractivity contribution in [3.8, 4) is 0 Å². The summed E-state index contributed by atoms with van der Waals surface area (Å²) in [5.41, 5.74) is 0.296. The standard InChI is InChI=1S/C13H17NO3/c1-8(2)12(15)14-13(16)17-7-11-6-9-3-4-10(11)5-9/h3-4,9-11H,1,5-7H2,2H3,(H,14,15,16). The molecule has 2 bridgehead atoms. The highest BCUT2D eigenvalue weighted by atomic mass is 16.5. The molecule has 17 heavy (non-hydrogen) atoms. The van der Waals surface area contributed by atoms with Gasteiger partial charge >= 0.3 is 6.09 Å². The number of carbonyl (C=O) groups is 2. The molecule has 2 amide bonds. The Labute approximate surface area is 101 Å². The molecule has 0 radical (unpaired) electrons. The molecular formula is C13H17NO3. The van der Waals surface area contributed by atoms with Crippen LogP contribution in [0.1, 0.15) is 19.8 Å². The number of nitrogens with one attached hydrogen (secondary N) is 1. The number of alkyl carbamates (subject to hydrolysis) is 1. The number of amides is 2. The highest BCUT2D eigenvalue weighted by Gasteiger charge is 2.36. The SMILES string of the molecule is C=C(C)C(=O)NC(=O)OCC1CC2C=CC1C2. The maximum Gasteiger partial charge on any atom is 0.414 e. The summed E-state index contributed by atoms with van der Waals surface area (Å²) in [4.78, 5) is 22.5. The highest BCUT2D eigenvalue weighted by molar-refractivity contribution is 6.01. The van der Waals surface area contributed by atoms with Crippen LogP contribution in [0.3, 0.4) is 0 Å². The summed E-state index contributed by atoms with van der Waals surface area (Å²) in [6, 6.07) is 0. The van der Waals surface area contributed by atoms with Gasteiger partial charge in [0.2, 0.25) is 0 Å². The molecule has 0 saturated heterocycles. The first-order chi connectivity index (χ1) is 8.06. The van der Waals surface area contributed by atoms with E-state index in [4.69, 9.17) is 4.74 Å². The minimum Gasteiger partial charge on any atom is -0.449 e. The van der Waals surface area contributed by atoms with Gasteiger partial charge in [-0.25, -0.2) is 4.79 Å². The Morgan fingerprint density at radius 2 is 2.18 bits per heavy atom. The number of fused-ring (bicyclic) bond motifs is 2. The van der Waals surface area contributed by atoms with E-state index in [2.05, 4.69) is 24.0 Å². The Balaban J connectivity index is 1.72. The molecule has 0 aromatic rings. The van der Waals surface area contributed by atoms with E-state index >= 15 is 0 Å². The smallest absolute Gasteiger partial charge is 0.414 e. The second kappa shape index (κ2) is 4.73. The number of hydrogen-bond donors (Lipinski definition) is 1. The number of carbonyl (C=O) groups excluding carboxylic acids is 2. The Bertz CT molecular complexity index is 386. The van der Waals surface area contributed by atoms with Crippen molar-refractivity contribution >= 4 is 12.0 Å². The molecule has 2 aliphatic carbocycles. The van der Waals surface area contributed by atoms with Crippen LogP contribution >= 0.6 is 0 Å². The molecule has 4 heteroatoms. The van der Waals surface area contributed by atoms with Gasteiger partial charge < -0.3 is 4.74 Å². The molecule has 3 unspecified atom stereocenters. The molecule has 0 aromatic heterocycles. The Kier molecular flexibility index (Phi) is 3.31. The molecule has 4 nitrogen and oxygen atoms in total. The highest BCUT2D eigenvalue weighted by Crippen LogP contribution is 2.43. The molecule has 1 fully saturated rings. The van der Waals surface area contributed by atoms with Crippen LogP contribution in [-0.4, -0.2) is 18.6 Å². The van der Waals surface area contributed by atoms with Gasteiger partial charge in [-0.1, -0.05) is 18.7 Å². The Hall–Kier alpha value is -1.58. The van der Waals surface area contributed by atoms with E-state index in [1.165, 1.54) is 6.42 Å².